The largest absolute Gasteiger partial charge is 0.481 e. The van der Waals surface area contributed by atoms with E-state index in [1.807, 2.05) is 50.2 Å². The summed E-state index contributed by atoms with van der Waals surface area (Å²) < 4.78 is 5.87. The van der Waals surface area contributed by atoms with Crippen molar-refractivity contribution in [2.45, 2.75) is 52.6 Å². The van der Waals surface area contributed by atoms with Gasteiger partial charge in [-0.05, 0) is 54.2 Å². The van der Waals surface area contributed by atoms with Gasteiger partial charge < -0.3 is 10.1 Å². The second-order valence-electron chi connectivity index (χ2n) is 7.24. The van der Waals surface area contributed by atoms with Crippen molar-refractivity contribution in [1.29, 1.82) is 0 Å². The first-order valence-corrected chi connectivity index (χ1v) is 8.92. The SMILES string of the molecule is CC[C@H](Oc1ccc(C(C)(C)C)cc1)C(=O)Nc1ccc(C)c(Cl)c1. The molecule has 0 saturated heterocycles. The fourth-order valence-electron chi connectivity index (χ4n) is 2.41. The maximum Gasteiger partial charge on any atom is 0.265 e. The van der Waals surface area contributed by atoms with Crippen molar-refractivity contribution in [2.75, 3.05) is 5.32 Å². The van der Waals surface area contributed by atoms with Crippen LogP contribution in [0.25, 0.3) is 0 Å². The molecule has 1 amide bonds. The second kappa shape index (κ2) is 7.92. The summed E-state index contributed by atoms with van der Waals surface area (Å²) in [6.45, 7) is 10.3. The van der Waals surface area contributed by atoms with Crippen LogP contribution in [0.5, 0.6) is 5.75 Å². The topological polar surface area (TPSA) is 38.3 Å². The number of halogens is 1. The lowest BCUT2D eigenvalue weighted by Gasteiger charge is -2.21. The number of hydrogen-bond acceptors (Lipinski definition) is 2. The van der Waals surface area contributed by atoms with Crippen molar-refractivity contribution in [1.82, 2.24) is 0 Å². The van der Waals surface area contributed by atoms with Gasteiger partial charge in [0.05, 0.1) is 0 Å². The number of benzene rings is 2. The molecule has 1 atom stereocenters. The van der Waals surface area contributed by atoms with E-state index in [0.717, 1.165) is 5.56 Å². The minimum Gasteiger partial charge on any atom is -0.481 e. The average molecular weight is 360 g/mol. The molecule has 1 N–H and O–H groups in total. The summed E-state index contributed by atoms with van der Waals surface area (Å²) in [4.78, 5) is 12.5. The Morgan fingerprint density at radius 2 is 1.80 bits per heavy atom. The number of carbonyl (C=O) groups excluding carboxylic acids is 1. The summed E-state index contributed by atoms with van der Waals surface area (Å²) in [6, 6.07) is 13.4. The molecule has 2 rings (SSSR count). The van der Waals surface area contributed by atoms with E-state index in [1.54, 1.807) is 6.07 Å². The normalized spacial score (nSPS) is 12.6. The van der Waals surface area contributed by atoms with Crippen LogP contribution in [-0.2, 0) is 10.2 Å². The Bertz CT molecular complexity index is 733. The summed E-state index contributed by atoms with van der Waals surface area (Å²) in [5, 5.41) is 3.50. The molecule has 0 radical (unpaired) electrons. The van der Waals surface area contributed by atoms with Crippen LogP contribution in [0.15, 0.2) is 42.5 Å². The summed E-state index contributed by atoms with van der Waals surface area (Å²) in [7, 11) is 0. The zero-order valence-electron chi connectivity index (χ0n) is 15.5. The lowest BCUT2D eigenvalue weighted by molar-refractivity contribution is -0.122. The Morgan fingerprint density at radius 1 is 1.16 bits per heavy atom. The Balaban J connectivity index is 2.05. The number of carbonyl (C=O) groups is 1. The number of amides is 1. The molecule has 4 heteroatoms. The van der Waals surface area contributed by atoms with Crippen LogP contribution >= 0.6 is 11.6 Å². The molecule has 0 aliphatic carbocycles. The zero-order chi connectivity index (χ0) is 18.6. The third kappa shape index (κ3) is 5.23. The van der Waals surface area contributed by atoms with Crippen molar-refractivity contribution < 1.29 is 9.53 Å². The van der Waals surface area contributed by atoms with Crippen molar-refractivity contribution in [3.05, 3.63) is 58.6 Å². The first kappa shape index (κ1) is 19.3. The standard InChI is InChI=1S/C21H26ClNO2/c1-6-19(20(24)23-16-10-7-14(2)18(22)13-16)25-17-11-8-15(9-12-17)21(3,4)5/h7-13,19H,6H2,1-5H3,(H,23,24)/t19-/m0/s1. The molecule has 0 aliphatic heterocycles. The molecule has 0 saturated carbocycles. The first-order valence-electron chi connectivity index (χ1n) is 8.55. The minimum absolute atomic E-state index is 0.0881. The Hall–Kier alpha value is -2.00. The van der Waals surface area contributed by atoms with E-state index in [0.29, 0.717) is 22.9 Å². The molecule has 0 heterocycles. The molecule has 25 heavy (non-hydrogen) atoms. The number of hydrogen-bond donors (Lipinski definition) is 1. The van der Waals surface area contributed by atoms with Crippen LogP contribution in [0.2, 0.25) is 5.02 Å². The average Bonchev–Trinajstić information content (AvgIpc) is 2.55. The molecule has 0 aromatic heterocycles. The van der Waals surface area contributed by atoms with Gasteiger partial charge in [0, 0.05) is 10.7 Å². The van der Waals surface area contributed by atoms with Crippen LogP contribution in [-0.4, -0.2) is 12.0 Å². The monoisotopic (exact) mass is 359 g/mol. The summed E-state index contributed by atoms with van der Waals surface area (Å²) in [6.07, 6.45) is 0.0208. The van der Waals surface area contributed by atoms with Crippen molar-refractivity contribution >= 4 is 23.2 Å². The third-order valence-corrected chi connectivity index (χ3v) is 4.51. The summed E-state index contributed by atoms with van der Waals surface area (Å²) in [5.74, 6) is 0.513. The highest BCUT2D eigenvalue weighted by molar-refractivity contribution is 6.31. The maximum atomic E-state index is 12.5. The van der Waals surface area contributed by atoms with E-state index in [1.165, 1.54) is 5.56 Å². The van der Waals surface area contributed by atoms with E-state index in [2.05, 4.69) is 26.1 Å². The molecule has 0 fully saturated rings. The van der Waals surface area contributed by atoms with Crippen LogP contribution in [0.4, 0.5) is 5.69 Å². The molecular formula is C21H26ClNO2. The molecule has 3 nitrogen and oxygen atoms in total. The quantitative estimate of drug-likeness (QED) is 0.738. The zero-order valence-corrected chi connectivity index (χ0v) is 16.3. The summed E-state index contributed by atoms with van der Waals surface area (Å²) >= 11 is 6.11. The van der Waals surface area contributed by atoms with Crippen molar-refractivity contribution in [3.63, 3.8) is 0 Å². The highest BCUT2D eigenvalue weighted by Gasteiger charge is 2.19. The van der Waals surface area contributed by atoms with Gasteiger partial charge in [-0.25, -0.2) is 0 Å². The number of nitrogens with one attached hydrogen (secondary N) is 1. The molecule has 2 aromatic carbocycles. The summed E-state index contributed by atoms with van der Waals surface area (Å²) in [5.41, 5.74) is 2.96. The van der Waals surface area contributed by atoms with E-state index < -0.39 is 6.10 Å². The maximum absolute atomic E-state index is 12.5. The van der Waals surface area contributed by atoms with Crippen LogP contribution in [0.1, 0.15) is 45.2 Å². The van der Waals surface area contributed by atoms with E-state index in [4.69, 9.17) is 16.3 Å². The Morgan fingerprint density at radius 3 is 2.32 bits per heavy atom. The number of rotatable bonds is 5. The van der Waals surface area contributed by atoms with E-state index in [9.17, 15) is 4.79 Å². The van der Waals surface area contributed by atoms with Crippen molar-refractivity contribution in [3.8, 4) is 5.75 Å². The molecule has 0 unspecified atom stereocenters. The predicted octanol–water partition coefficient (Wildman–Crippen LogP) is 5.74. The van der Waals surface area contributed by atoms with Gasteiger partial charge in [-0.15, -0.1) is 0 Å². The highest BCUT2D eigenvalue weighted by atomic mass is 35.5. The van der Waals surface area contributed by atoms with Gasteiger partial charge in [0.25, 0.3) is 5.91 Å². The van der Waals surface area contributed by atoms with Gasteiger partial charge in [-0.3, -0.25) is 4.79 Å². The fraction of sp³-hybridized carbons (Fsp3) is 0.381. The molecule has 0 aliphatic rings. The smallest absolute Gasteiger partial charge is 0.265 e. The predicted molar refractivity (Wildman–Crippen MR) is 105 cm³/mol. The number of aryl methyl sites for hydroxylation is 1. The van der Waals surface area contributed by atoms with Gasteiger partial charge in [-0.2, -0.15) is 0 Å². The van der Waals surface area contributed by atoms with Gasteiger partial charge in [0.1, 0.15) is 5.75 Å². The third-order valence-electron chi connectivity index (χ3n) is 4.10. The van der Waals surface area contributed by atoms with E-state index in [-0.39, 0.29) is 11.3 Å². The lowest BCUT2D eigenvalue weighted by atomic mass is 9.87. The molecule has 0 bridgehead atoms. The van der Waals surface area contributed by atoms with Gasteiger partial charge in [0.2, 0.25) is 0 Å². The highest BCUT2D eigenvalue weighted by Crippen LogP contribution is 2.25. The van der Waals surface area contributed by atoms with Crippen LogP contribution < -0.4 is 10.1 Å². The number of anilines is 1. The Labute approximate surface area is 155 Å². The van der Waals surface area contributed by atoms with Gasteiger partial charge >= 0.3 is 0 Å². The van der Waals surface area contributed by atoms with Crippen LogP contribution in [0, 0.1) is 6.92 Å². The first-order chi connectivity index (χ1) is 11.7. The van der Waals surface area contributed by atoms with Gasteiger partial charge in [0.15, 0.2) is 6.10 Å². The molecule has 134 valence electrons. The Kier molecular flexibility index (Phi) is 6.12. The lowest BCUT2D eigenvalue weighted by Crippen LogP contribution is -2.32. The van der Waals surface area contributed by atoms with Gasteiger partial charge in [-0.1, -0.05) is 57.5 Å². The van der Waals surface area contributed by atoms with Crippen LogP contribution in [0.3, 0.4) is 0 Å². The molecule has 0 spiro atoms. The van der Waals surface area contributed by atoms with E-state index >= 15 is 0 Å². The fourth-order valence-corrected chi connectivity index (χ4v) is 2.59. The second-order valence-corrected chi connectivity index (χ2v) is 7.65. The number of ether oxygens (including phenoxy) is 1. The minimum atomic E-state index is -0.555. The molecule has 2 aromatic rings. The van der Waals surface area contributed by atoms with Crippen molar-refractivity contribution in [2.24, 2.45) is 0 Å². The molecular weight excluding hydrogens is 334 g/mol.